The van der Waals surface area contributed by atoms with Crippen molar-refractivity contribution < 1.29 is 17.9 Å². The van der Waals surface area contributed by atoms with Crippen LogP contribution in [0.15, 0.2) is 6.33 Å². The van der Waals surface area contributed by atoms with Gasteiger partial charge in [-0.15, -0.1) is 0 Å². The number of aromatic nitrogens is 2. The lowest BCUT2D eigenvalue weighted by atomic mass is 10.4. The van der Waals surface area contributed by atoms with Crippen molar-refractivity contribution >= 4 is 17.3 Å². The molecule has 0 aliphatic heterocycles. The van der Waals surface area contributed by atoms with E-state index in [0.29, 0.717) is 0 Å². The minimum absolute atomic E-state index is 0.144. The molecule has 0 aromatic carbocycles. The second kappa shape index (κ2) is 4.09. The zero-order valence-corrected chi connectivity index (χ0v) is 8.30. The van der Waals surface area contributed by atoms with E-state index < -0.39 is 12.3 Å². The predicted molar refractivity (Wildman–Crippen MR) is 47.6 cm³/mol. The molecule has 1 aromatic rings. The summed E-state index contributed by atoms with van der Waals surface area (Å²) in [6.07, 6.45) is -5.52. The fourth-order valence-electron chi connectivity index (χ4n) is 0.687. The molecular weight excluding hydrogens is 235 g/mol. The van der Waals surface area contributed by atoms with Crippen LogP contribution in [-0.4, -0.2) is 22.2 Å². The van der Waals surface area contributed by atoms with Crippen LogP contribution in [0.25, 0.3) is 0 Å². The SMILES string of the molecule is CC(Oc1ncnc(Cl)c1N)C(F)(F)F. The van der Waals surface area contributed by atoms with Crippen LogP contribution >= 0.6 is 11.6 Å². The standard InChI is InChI=1S/C7H7ClF3N3O/c1-3(7(9,10)11)15-6-4(12)5(8)13-2-14-6/h2-3H,12H2,1H3. The van der Waals surface area contributed by atoms with E-state index in [4.69, 9.17) is 17.3 Å². The van der Waals surface area contributed by atoms with Crippen LogP contribution < -0.4 is 10.5 Å². The molecule has 1 heterocycles. The lowest BCUT2D eigenvalue weighted by molar-refractivity contribution is -0.189. The van der Waals surface area contributed by atoms with Gasteiger partial charge >= 0.3 is 6.18 Å². The van der Waals surface area contributed by atoms with Crippen LogP contribution in [0.2, 0.25) is 5.15 Å². The van der Waals surface area contributed by atoms with Crippen molar-refractivity contribution in [2.75, 3.05) is 5.73 Å². The molecule has 15 heavy (non-hydrogen) atoms. The Balaban J connectivity index is 2.86. The molecule has 0 saturated heterocycles. The quantitative estimate of drug-likeness (QED) is 0.805. The summed E-state index contributed by atoms with van der Waals surface area (Å²) in [5, 5.41) is -0.144. The average molecular weight is 242 g/mol. The number of hydrogen-bond donors (Lipinski definition) is 1. The summed E-state index contributed by atoms with van der Waals surface area (Å²) in [6.45, 7) is 0.843. The Morgan fingerprint density at radius 3 is 2.60 bits per heavy atom. The summed E-state index contributed by atoms with van der Waals surface area (Å²) in [5.41, 5.74) is 5.11. The summed E-state index contributed by atoms with van der Waals surface area (Å²) < 4.78 is 40.9. The molecule has 0 bridgehead atoms. The molecule has 0 spiro atoms. The molecule has 1 rings (SSSR count). The molecule has 0 aliphatic rings. The number of nitrogen functional groups attached to an aromatic ring is 1. The minimum atomic E-state index is -4.48. The van der Waals surface area contributed by atoms with Gasteiger partial charge in [-0.3, -0.25) is 0 Å². The zero-order valence-electron chi connectivity index (χ0n) is 7.55. The number of anilines is 1. The first kappa shape index (κ1) is 11.8. The van der Waals surface area contributed by atoms with E-state index in [2.05, 4.69) is 14.7 Å². The van der Waals surface area contributed by atoms with Gasteiger partial charge in [-0.1, -0.05) is 11.6 Å². The molecule has 1 unspecified atom stereocenters. The lowest BCUT2D eigenvalue weighted by Crippen LogP contribution is -2.31. The molecule has 4 nitrogen and oxygen atoms in total. The molecule has 84 valence electrons. The number of hydrogen-bond acceptors (Lipinski definition) is 4. The molecule has 0 saturated carbocycles. The normalized spacial score (nSPS) is 13.7. The number of nitrogens with zero attached hydrogens (tertiary/aromatic N) is 2. The highest BCUT2D eigenvalue weighted by atomic mass is 35.5. The highest BCUT2D eigenvalue weighted by Gasteiger charge is 2.38. The molecule has 1 atom stereocenters. The van der Waals surface area contributed by atoms with Crippen molar-refractivity contribution in [3.63, 3.8) is 0 Å². The molecule has 8 heteroatoms. The Morgan fingerprint density at radius 2 is 2.07 bits per heavy atom. The third kappa shape index (κ3) is 2.85. The second-order valence-electron chi connectivity index (χ2n) is 2.68. The van der Waals surface area contributed by atoms with Crippen LogP contribution in [-0.2, 0) is 0 Å². The van der Waals surface area contributed by atoms with Gasteiger partial charge in [-0.25, -0.2) is 4.98 Å². The van der Waals surface area contributed by atoms with Crippen molar-refractivity contribution in [3.05, 3.63) is 11.5 Å². The number of nitrogens with two attached hydrogens (primary N) is 1. The fourth-order valence-corrected chi connectivity index (χ4v) is 0.812. The molecular formula is C7H7ClF3N3O. The first-order valence-electron chi connectivity index (χ1n) is 3.81. The van der Waals surface area contributed by atoms with Crippen LogP contribution in [0.3, 0.4) is 0 Å². The van der Waals surface area contributed by atoms with Gasteiger partial charge in [0.1, 0.15) is 12.0 Å². The maximum absolute atomic E-state index is 12.1. The summed E-state index contributed by atoms with van der Waals surface area (Å²) in [5.74, 6) is -0.375. The van der Waals surface area contributed by atoms with Gasteiger partial charge < -0.3 is 10.5 Å². The van der Waals surface area contributed by atoms with Crippen LogP contribution in [0.4, 0.5) is 18.9 Å². The Morgan fingerprint density at radius 1 is 1.47 bits per heavy atom. The van der Waals surface area contributed by atoms with Gasteiger partial charge in [0, 0.05) is 0 Å². The minimum Gasteiger partial charge on any atom is -0.463 e. The third-order valence-electron chi connectivity index (χ3n) is 1.55. The van der Waals surface area contributed by atoms with Crippen molar-refractivity contribution in [1.82, 2.24) is 9.97 Å². The fraction of sp³-hybridized carbons (Fsp3) is 0.429. The van der Waals surface area contributed by atoms with Crippen LogP contribution in [0.1, 0.15) is 6.92 Å². The number of ether oxygens (including phenoxy) is 1. The van der Waals surface area contributed by atoms with Crippen LogP contribution in [0, 0.1) is 0 Å². The van der Waals surface area contributed by atoms with Crippen molar-refractivity contribution in [2.45, 2.75) is 19.2 Å². The van der Waals surface area contributed by atoms with E-state index >= 15 is 0 Å². The molecule has 0 amide bonds. The second-order valence-corrected chi connectivity index (χ2v) is 3.04. The molecule has 2 N–H and O–H groups in total. The van der Waals surface area contributed by atoms with Gasteiger partial charge in [-0.2, -0.15) is 18.2 Å². The average Bonchev–Trinajstić information content (AvgIpc) is 2.11. The molecule has 0 radical (unpaired) electrons. The van der Waals surface area contributed by atoms with Crippen molar-refractivity contribution in [1.29, 1.82) is 0 Å². The van der Waals surface area contributed by atoms with E-state index in [0.717, 1.165) is 13.3 Å². The lowest BCUT2D eigenvalue weighted by Gasteiger charge is -2.17. The van der Waals surface area contributed by atoms with E-state index in [1.54, 1.807) is 0 Å². The Labute approximate surface area is 88.2 Å². The number of rotatable bonds is 2. The van der Waals surface area contributed by atoms with Crippen LogP contribution in [0.5, 0.6) is 5.88 Å². The summed E-state index contributed by atoms with van der Waals surface area (Å²) in [6, 6.07) is 0. The van der Waals surface area contributed by atoms with Gasteiger partial charge in [0.05, 0.1) is 0 Å². The zero-order chi connectivity index (χ0) is 11.6. The topological polar surface area (TPSA) is 61.0 Å². The van der Waals surface area contributed by atoms with Crippen molar-refractivity contribution in [3.8, 4) is 5.88 Å². The predicted octanol–water partition coefficient (Wildman–Crippen LogP) is 2.04. The first-order valence-corrected chi connectivity index (χ1v) is 4.19. The van der Waals surface area contributed by atoms with Gasteiger partial charge in [-0.05, 0) is 6.92 Å². The van der Waals surface area contributed by atoms with E-state index in [-0.39, 0.29) is 16.7 Å². The first-order chi connectivity index (χ1) is 6.82. The monoisotopic (exact) mass is 241 g/mol. The molecule has 1 aromatic heterocycles. The maximum Gasteiger partial charge on any atom is 0.425 e. The number of halogens is 4. The molecule has 0 aliphatic carbocycles. The third-order valence-corrected chi connectivity index (χ3v) is 1.85. The highest BCUT2D eigenvalue weighted by molar-refractivity contribution is 6.32. The number of alkyl halides is 3. The van der Waals surface area contributed by atoms with E-state index in [9.17, 15) is 13.2 Å². The van der Waals surface area contributed by atoms with Gasteiger partial charge in [0.2, 0.25) is 5.88 Å². The van der Waals surface area contributed by atoms with Gasteiger partial charge in [0.15, 0.2) is 11.3 Å². The Bertz CT molecular complexity index is 358. The Hall–Kier alpha value is -1.24. The summed E-state index contributed by atoms with van der Waals surface area (Å²) >= 11 is 5.47. The Kier molecular flexibility index (Phi) is 3.23. The largest absolute Gasteiger partial charge is 0.463 e. The highest BCUT2D eigenvalue weighted by Crippen LogP contribution is 2.29. The van der Waals surface area contributed by atoms with Gasteiger partial charge in [0.25, 0.3) is 0 Å². The summed E-state index contributed by atoms with van der Waals surface area (Å²) in [4.78, 5) is 6.93. The van der Waals surface area contributed by atoms with E-state index in [1.807, 2.05) is 0 Å². The maximum atomic E-state index is 12.1. The summed E-state index contributed by atoms with van der Waals surface area (Å²) in [7, 11) is 0. The van der Waals surface area contributed by atoms with E-state index in [1.165, 1.54) is 0 Å². The smallest absolute Gasteiger partial charge is 0.425 e. The van der Waals surface area contributed by atoms with Crippen molar-refractivity contribution in [2.24, 2.45) is 0 Å². The molecule has 0 fully saturated rings.